The van der Waals surface area contributed by atoms with Gasteiger partial charge in [-0.2, -0.15) is 0 Å². The Balaban J connectivity index is 1.20. The summed E-state index contributed by atoms with van der Waals surface area (Å²) in [7, 11) is 0. The van der Waals surface area contributed by atoms with E-state index < -0.39 is 11.5 Å². The van der Waals surface area contributed by atoms with E-state index >= 15 is 0 Å². The van der Waals surface area contributed by atoms with Crippen molar-refractivity contribution in [2.75, 3.05) is 19.8 Å². The van der Waals surface area contributed by atoms with Crippen molar-refractivity contribution in [2.45, 2.75) is 92.6 Å². The number of aliphatic hydroxyl groups excluding tert-OH is 1. The molecule has 170 valence electrons. The maximum atomic E-state index is 13.7. The fourth-order valence-corrected chi connectivity index (χ4v) is 6.04. The Kier molecular flexibility index (Phi) is 6.59. The molecule has 2 bridgehead atoms. The first-order valence-corrected chi connectivity index (χ1v) is 11.6. The number of hydrogen-bond acceptors (Lipinski definition) is 5. The Morgan fingerprint density at radius 2 is 1.87 bits per heavy atom. The topological polar surface area (TPSA) is 99.7 Å². The smallest absolute Gasteiger partial charge is 0.246 e. The van der Waals surface area contributed by atoms with Crippen LogP contribution in [0.25, 0.3) is 0 Å². The average Bonchev–Trinajstić information content (AvgIpc) is 3.23. The predicted molar refractivity (Wildman–Crippen MR) is 110 cm³/mol. The number of alkyl halides is 2. The highest BCUT2D eigenvalue weighted by Gasteiger charge is 2.62. The van der Waals surface area contributed by atoms with Gasteiger partial charge in [-0.3, -0.25) is 9.59 Å². The van der Waals surface area contributed by atoms with Crippen LogP contribution in [0.3, 0.4) is 0 Å². The van der Waals surface area contributed by atoms with E-state index in [1.165, 1.54) is 0 Å². The highest BCUT2D eigenvalue weighted by Crippen LogP contribution is 2.55. The summed E-state index contributed by atoms with van der Waals surface area (Å²) in [5.41, 5.74) is -0.503. The summed E-state index contributed by atoms with van der Waals surface area (Å²) in [6.45, 7) is 0.791. The minimum Gasteiger partial charge on any atom is -0.396 e. The molecule has 30 heavy (non-hydrogen) atoms. The second-order valence-electron chi connectivity index (χ2n) is 9.81. The van der Waals surface area contributed by atoms with Crippen LogP contribution in [0.2, 0.25) is 0 Å². The fraction of sp³-hybridized carbons (Fsp3) is 0.905. The van der Waals surface area contributed by atoms with Gasteiger partial charge in [0, 0.05) is 24.1 Å². The largest absolute Gasteiger partial charge is 0.396 e. The van der Waals surface area contributed by atoms with E-state index in [0.717, 1.165) is 38.6 Å². The number of carbonyl (C=O) groups excluding carboxylic acids is 2. The van der Waals surface area contributed by atoms with Crippen molar-refractivity contribution < 1.29 is 23.8 Å². The molecule has 0 aromatic rings. The minimum atomic E-state index is -1.08. The third-order valence-corrected chi connectivity index (χ3v) is 7.90. The first-order chi connectivity index (χ1) is 14.3. The van der Waals surface area contributed by atoms with Crippen LogP contribution in [0.15, 0.2) is 0 Å². The molecule has 4 aliphatic carbocycles. The summed E-state index contributed by atoms with van der Waals surface area (Å²) in [5, 5.41) is 18.5. The van der Waals surface area contributed by atoms with Crippen LogP contribution >= 0.6 is 11.6 Å². The second kappa shape index (κ2) is 8.88. The molecule has 9 heteroatoms. The molecule has 0 aromatic carbocycles. The van der Waals surface area contributed by atoms with Crippen molar-refractivity contribution >= 4 is 23.4 Å². The number of piperidine rings is 1. The number of rotatable bonds is 7. The van der Waals surface area contributed by atoms with Crippen molar-refractivity contribution in [3.63, 3.8) is 0 Å². The Morgan fingerprint density at radius 1 is 1.13 bits per heavy atom. The van der Waals surface area contributed by atoms with Crippen LogP contribution in [0.1, 0.15) is 57.8 Å². The van der Waals surface area contributed by atoms with Gasteiger partial charge in [-0.25, -0.2) is 4.39 Å². The average molecular weight is 446 g/mol. The van der Waals surface area contributed by atoms with Gasteiger partial charge < -0.3 is 25.8 Å². The molecule has 4 N–H and O–H groups in total. The molecule has 1 aliphatic heterocycles. The first-order valence-electron chi connectivity index (χ1n) is 11.2. The van der Waals surface area contributed by atoms with Crippen LogP contribution in [-0.2, 0) is 14.3 Å². The molecule has 1 saturated heterocycles. The van der Waals surface area contributed by atoms with Gasteiger partial charge in [-0.15, -0.1) is 11.6 Å². The molecule has 0 radical (unpaired) electrons. The molecule has 5 aliphatic rings. The van der Waals surface area contributed by atoms with Crippen molar-refractivity contribution in [3.8, 4) is 0 Å². The van der Waals surface area contributed by atoms with E-state index in [1.54, 1.807) is 0 Å². The first kappa shape index (κ1) is 22.2. The lowest BCUT2D eigenvalue weighted by Gasteiger charge is -2.48. The van der Waals surface area contributed by atoms with E-state index in [0.29, 0.717) is 19.3 Å². The fourth-order valence-electron chi connectivity index (χ4n) is 5.81. The second-order valence-corrected chi connectivity index (χ2v) is 10.4. The highest BCUT2D eigenvalue weighted by molar-refractivity contribution is 6.21. The molecule has 0 aromatic heterocycles. The van der Waals surface area contributed by atoms with E-state index in [-0.39, 0.29) is 60.6 Å². The summed E-state index contributed by atoms with van der Waals surface area (Å²) in [6, 6.07) is -0.258. The molecule has 5 rings (SSSR count). The van der Waals surface area contributed by atoms with E-state index in [1.807, 2.05) is 0 Å². The zero-order valence-electron chi connectivity index (χ0n) is 17.3. The van der Waals surface area contributed by atoms with Crippen LogP contribution < -0.4 is 16.0 Å². The predicted octanol–water partition coefficient (Wildman–Crippen LogP) is 1.16. The van der Waals surface area contributed by atoms with Crippen molar-refractivity contribution in [2.24, 2.45) is 5.92 Å². The zero-order valence-corrected chi connectivity index (χ0v) is 18.1. The normalized spacial score (nSPS) is 43.0. The lowest BCUT2D eigenvalue weighted by atomic mass is 9.70. The van der Waals surface area contributed by atoms with E-state index in [9.17, 15) is 19.1 Å². The SMILES string of the molecule is O=C(COC1CCC(Cl)C(F)C1)NC12CCC(NC(=O)C3CC(CO)CCN3)(C1)C2. The molecule has 2 amide bonds. The van der Waals surface area contributed by atoms with Crippen LogP contribution in [-0.4, -0.2) is 71.5 Å². The Labute approximate surface area is 181 Å². The quantitative estimate of drug-likeness (QED) is 0.441. The zero-order chi connectivity index (χ0) is 21.4. The Hall–Kier alpha value is -0.960. The van der Waals surface area contributed by atoms with E-state index in [4.69, 9.17) is 16.3 Å². The molecule has 4 saturated carbocycles. The number of aliphatic hydroxyl groups is 1. The van der Waals surface area contributed by atoms with Gasteiger partial charge >= 0.3 is 0 Å². The van der Waals surface area contributed by atoms with Crippen LogP contribution in [0.4, 0.5) is 4.39 Å². The summed E-state index contributed by atoms with van der Waals surface area (Å²) in [6.07, 6.45) is 4.84. The molecule has 5 atom stereocenters. The molecule has 0 spiro atoms. The number of halogens is 2. The standard InChI is InChI=1S/C21H33ClFN3O4/c22-15-2-1-14(8-16(15)23)30-10-18(28)25-20-4-5-21(11-20,12-20)26-19(29)17-7-13(9-27)3-6-24-17/h13-17,24,27H,1-12H2,(H,25,28)(H,26,29). The highest BCUT2D eigenvalue weighted by atomic mass is 35.5. The molecular weight excluding hydrogens is 413 g/mol. The lowest BCUT2D eigenvalue weighted by Crippen LogP contribution is -2.66. The van der Waals surface area contributed by atoms with Gasteiger partial charge in [-0.05, 0) is 63.8 Å². The third-order valence-electron chi connectivity index (χ3n) is 7.41. The minimum absolute atomic E-state index is 0.00557. The van der Waals surface area contributed by atoms with Gasteiger partial charge in [0.1, 0.15) is 12.8 Å². The molecule has 5 unspecified atom stereocenters. The number of ether oxygens (including phenoxy) is 1. The van der Waals surface area contributed by atoms with Crippen molar-refractivity contribution in [1.82, 2.24) is 16.0 Å². The number of hydrogen-bond donors (Lipinski definition) is 4. The van der Waals surface area contributed by atoms with Gasteiger partial charge in [0.15, 0.2) is 0 Å². The molecule has 7 nitrogen and oxygen atoms in total. The molecule has 1 heterocycles. The maximum Gasteiger partial charge on any atom is 0.246 e. The maximum absolute atomic E-state index is 13.7. The summed E-state index contributed by atoms with van der Waals surface area (Å²) in [5.74, 6) is -0.0102. The monoisotopic (exact) mass is 445 g/mol. The summed E-state index contributed by atoms with van der Waals surface area (Å²) < 4.78 is 19.3. The van der Waals surface area contributed by atoms with Crippen molar-refractivity contribution in [1.29, 1.82) is 0 Å². The molecular formula is C21H33ClFN3O4. The lowest BCUT2D eigenvalue weighted by molar-refractivity contribution is -0.132. The summed E-state index contributed by atoms with van der Waals surface area (Å²) >= 11 is 5.89. The van der Waals surface area contributed by atoms with Gasteiger partial charge in [0.25, 0.3) is 0 Å². The Bertz CT molecular complexity index is 660. The number of nitrogens with one attached hydrogen (secondary N) is 3. The number of fused-ring (bicyclic) bond motifs is 1. The number of amides is 2. The van der Waals surface area contributed by atoms with Crippen LogP contribution in [0.5, 0.6) is 0 Å². The van der Waals surface area contributed by atoms with Crippen LogP contribution in [0, 0.1) is 5.92 Å². The molecule has 5 fully saturated rings. The summed E-state index contributed by atoms with van der Waals surface area (Å²) in [4.78, 5) is 25.1. The van der Waals surface area contributed by atoms with E-state index in [2.05, 4.69) is 16.0 Å². The number of carbonyl (C=O) groups is 2. The van der Waals surface area contributed by atoms with Gasteiger partial charge in [-0.1, -0.05) is 0 Å². The van der Waals surface area contributed by atoms with Crippen molar-refractivity contribution in [3.05, 3.63) is 0 Å². The van der Waals surface area contributed by atoms with Gasteiger partial charge in [0.05, 0.1) is 17.5 Å². The Morgan fingerprint density at radius 3 is 2.57 bits per heavy atom. The van der Waals surface area contributed by atoms with Gasteiger partial charge in [0.2, 0.25) is 11.8 Å². The third kappa shape index (κ3) is 4.76.